The van der Waals surface area contributed by atoms with Gasteiger partial charge in [0.05, 0.1) is 32.8 Å². The average molecular weight is 439 g/mol. The molecule has 2 aromatic heterocycles. The van der Waals surface area contributed by atoms with Crippen LogP contribution in [0, 0.1) is 0 Å². The molecule has 0 spiro atoms. The number of ether oxygens (including phenoxy) is 3. The number of fused-ring (bicyclic) bond motifs is 1. The molecule has 0 N–H and O–H groups in total. The lowest BCUT2D eigenvalue weighted by molar-refractivity contribution is -0.0866. The van der Waals surface area contributed by atoms with Crippen LogP contribution in [0.5, 0.6) is 0 Å². The van der Waals surface area contributed by atoms with Crippen molar-refractivity contribution in [3.8, 4) is 0 Å². The summed E-state index contributed by atoms with van der Waals surface area (Å²) >= 11 is 6.08. The Bertz CT molecular complexity index is 1030. The second kappa shape index (κ2) is 11.0. The lowest BCUT2D eigenvalue weighted by Gasteiger charge is -2.19. The summed E-state index contributed by atoms with van der Waals surface area (Å²) in [7, 11) is 0. The van der Waals surface area contributed by atoms with Gasteiger partial charge in [0.2, 0.25) is 0 Å². The third-order valence-electron chi connectivity index (χ3n) is 4.64. The number of nitrogens with zero attached hydrogens (tertiary/aromatic N) is 4. The van der Waals surface area contributed by atoms with E-state index in [1.54, 1.807) is 10.9 Å². The number of rotatable bonds is 11. The number of benzene rings is 2. The first kappa shape index (κ1) is 21.4. The van der Waals surface area contributed by atoms with Crippen LogP contribution in [-0.4, -0.2) is 38.8 Å². The second-order valence-corrected chi connectivity index (χ2v) is 7.33. The highest BCUT2D eigenvalue weighted by molar-refractivity contribution is 6.33. The maximum Gasteiger partial charge on any atom is 0.166 e. The Kier molecular flexibility index (Phi) is 7.57. The van der Waals surface area contributed by atoms with Crippen molar-refractivity contribution < 1.29 is 14.2 Å². The third kappa shape index (κ3) is 6.08. The maximum absolute atomic E-state index is 6.08. The molecular weight excluding hydrogens is 416 g/mol. The van der Waals surface area contributed by atoms with Crippen LogP contribution in [0.3, 0.4) is 0 Å². The second-order valence-electron chi connectivity index (χ2n) is 6.97. The van der Waals surface area contributed by atoms with E-state index in [2.05, 4.69) is 15.0 Å². The van der Waals surface area contributed by atoms with Gasteiger partial charge in [-0.25, -0.2) is 15.0 Å². The van der Waals surface area contributed by atoms with Crippen LogP contribution in [0.4, 0.5) is 0 Å². The molecule has 0 saturated heterocycles. The highest BCUT2D eigenvalue weighted by Gasteiger charge is 2.14. The van der Waals surface area contributed by atoms with Crippen LogP contribution in [0.1, 0.15) is 11.1 Å². The first-order chi connectivity index (χ1) is 15.3. The van der Waals surface area contributed by atoms with Crippen molar-refractivity contribution in [2.75, 3.05) is 13.2 Å². The summed E-state index contributed by atoms with van der Waals surface area (Å²) in [4.78, 5) is 12.5. The molecule has 0 unspecified atom stereocenters. The molecule has 31 heavy (non-hydrogen) atoms. The van der Waals surface area contributed by atoms with E-state index >= 15 is 0 Å². The SMILES string of the molecule is Clc1ncnc2c1ncn2COC(COCc1ccccc1)COCc1ccccc1. The molecule has 4 rings (SSSR count). The summed E-state index contributed by atoms with van der Waals surface area (Å²) < 4.78 is 19.6. The number of hydrogen-bond donors (Lipinski definition) is 0. The number of hydrogen-bond acceptors (Lipinski definition) is 6. The average Bonchev–Trinajstić information content (AvgIpc) is 3.23. The van der Waals surface area contributed by atoms with Crippen molar-refractivity contribution in [1.29, 1.82) is 0 Å². The van der Waals surface area contributed by atoms with Gasteiger partial charge in [0, 0.05) is 0 Å². The van der Waals surface area contributed by atoms with E-state index in [1.807, 2.05) is 60.7 Å². The summed E-state index contributed by atoms with van der Waals surface area (Å²) in [6.45, 7) is 2.06. The van der Waals surface area contributed by atoms with Crippen molar-refractivity contribution in [3.63, 3.8) is 0 Å². The number of imidazole rings is 1. The zero-order chi connectivity index (χ0) is 21.3. The van der Waals surface area contributed by atoms with Crippen molar-refractivity contribution >= 4 is 22.8 Å². The molecule has 0 atom stereocenters. The van der Waals surface area contributed by atoms with Gasteiger partial charge in [-0.05, 0) is 11.1 Å². The van der Waals surface area contributed by atoms with Crippen LogP contribution in [-0.2, 0) is 34.2 Å². The van der Waals surface area contributed by atoms with Gasteiger partial charge in [-0.15, -0.1) is 0 Å². The quantitative estimate of drug-likeness (QED) is 0.326. The van der Waals surface area contributed by atoms with Gasteiger partial charge in [0.25, 0.3) is 0 Å². The van der Waals surface area contributed by atoms with Crippen LogP contribution in [0.15, 0.2) is 73.3 Å². The van der Waals surface area contributed by atoms with Crippen molar-refractivity contribution in [1.82, 2.24) is 19.5 Å². The Morgan fingerprint density at radius 2 is 1.42 bits per heavy atom. The molecule has 0 radical (unpaired) electrons. The summed E-state index contributed by atoms with van der Waals surface area (Å²) in [6.07, 6.45) is 2.78. The molecule has 0 saturated carbocycles. The van der Waals surface area contributed by atoms with Crippen LogP contribution in [0.2, 0.25) is 5.15 Å². The van der Waals surface area contributed by atoms with Gasteiger partial charge in [-0.3, -0.25) is 4.57 Å². The van der Waals surface area contributed by atoms with E-state index in [1.165, 1.54) is 6.33 Å². The molecule has 160 valence electrons. The first-order valence-electron chi connectivity index (χ1n) is 9.96. The fraction of sp³-hybridized carbons (Fsp3) is 0.261. The van der Waals surface area contributed by atoms with E-state index < -0.39 is 0 Å². The number of aromatic nitrogens is 4. The molecule has 0 aliphatic heterocycles. The third-order valence-corrected chi connectivity index (χ3v) is 4.91. The van der Waals surface area contributed by atoms with Gasteiger partial charge < -0.3 is 14.2 Å². The van der Waals surface area contributed by atoms with Crippen LogP contribution in [0.25, 0.3) is 11.2 Å². The minimum atomic E-state index is -0.262. The molecule has 0 aliphatic rings. The highest BCUT2D eigenvalue weighted by Crippen LogP contribution is 2.17. The smallest absolute Gasteiger partial charge is 0.166 e. The summed E-state index contributed by atoms with van der Waals surface area (Å²) in [5.74, 6) is 0. The van der Waals surface area contributed by atoms with Crippen molar-refractivity contribution in [2.45, 2.75) is 26.0 Å². The molecule has 2 aromatic carbocycles. The Hall–Kier alpha value is -2.84. The van der Waals surface area contributed by atoms with Crippen molar-refractivity contribution in [2.24, 2.45) is 0 Å². The molecule has 0 fully saturated rings. The van der Waals surface area contributed by atoms with Crippen molar-refractivity contribution in [3.05, 3.63) is 89.6 Å². The minimum Gasteiger partial charge on any atom is -0.374 e. The molecular formula is C23H23ClN4O3. The molecule has 0 amide bonds. The Morgan fingerprint density at radius 1 is 0.806 bits per heavy atom. The standard InChI is InChI=1S/C23H23ClN4O3/c24-22-21-23(26-15-25-22)28(16-27-21)17-31-20(13-29-11-18-7-3-1-4-8-18)14-30-12-19-9-5-2-6-10-19/h1-10,15-16,20H,11-14,17H2. The lowest BCUT2D eigenvalue weighted by atomic mass is 10.2. The monoisotopic (exact) mass is 438 g/mol. The van der Waals surface area contributed by atoms with Gasteiger partial charge >= 0.3 is 0 Å². The zero-order valence-electron chi connectivity index (χ0n) is 16.9. The maximum atomic E-state index is 6.08. The number of halogens is 1. The Labute approximate surface area is 185 Å². The predicted molar refractivity (Wildman–Crippen MR) is 117 cm³/mol. The Morgan fingerprint density at radius 3 is 2.03 bits per heavy atom. The van der Waals surface area contributed by atoms with Gasteiger partial charge in [-0.2, -0.15) is 0 Å². The van der Waals surface area contributed by atoms with Gasteiger partial charge in [0.1, 0.15) is 24.7 Å². The topological polar surface area (TPSA) is 71.3 Å². The van der Waals surface area contributed by atoms with E-state index in [-0.39, 0.29) is 12.8 Å². The molecule has 2 heterocycles. The molecule has 0 bridgehead atoms. The lowest BCUT2D eigenvalue weighted by Crippen LogP contribution is -2.26. The Balaban J connectivity index is 1.35. The molecule has 0 aliphatic carbocycles. The largest absolute Gasteiger partial charge is 0.374 e. The summed E-state index contributed by atoms with van der Waals surface area (Å²) in [5.41, 5.74) is 3.39. The fourth-order valence-corrected chi connectivity index (χ4v) is 3.22. The predicted octanol–water partition coefficient (Wildman–Crippen LogP) is 4.26. The normalized spacial score (nSPS) is 11.4. The first-order valence-corrected chi connectivity index (χ1v) is 10.3. The van der Waals surface area contributed by atoms with E-state index in [4.69, 9.17) is 25.8 Å². The van der Waals surface area contributed by atoms with Gasteiger partial charge in [-0.1, -0.05) is 72.3 Å². The summed E-state index contributed by atoms with van der Waals surface area (Å²) in [6, 6.07) is 20.1. The summed E-state index contributed by atoms with van der Waals surface area (Å²) in [5, 5.41) is 0.317. The zero-order valence-corrected chi connectivity index (χ0v) is 17.7. The fourth-order valence-electron chi connectivity index (χ4n) is 3.04. The highest BCUT2D eigenvalue weighted by atomic mass is 35.5. The van der Waals surface area contributed by atoms with E-state index in [0.717, 1.165) is 11.1 Å². The molecule has 8 heteroatoms. The van der Waals surface area contributed by atoms with Gasteiger partial charge in [0.15, 0.2) is 10.8 Å². The van der Waals surface area contributed by atoms with Crippen LogP contribution >= 0.6 is 11.6 Å². The molecule has 7 nitrogen and oxygen atoms in total. The van der Waals surface area contributed by atoms with E-state index in [9.17, 15) is 0 Å². The molecule has 4 aromatic rings. The van der Waals surface area contributed by atoms with E-state index in [0.29, 0.717) is 42.7 Å². The van der Waals surface area contributed by atoms with Crippen LogP contribution < -0.4 is 0 Å². The minimum absolute atomic E-state index is 0.248.